The van der Waals surface area contributed by atoms with Crippen LogP contribution in [0.15, 0.2) is 12.1 Å². The van der Waals surface area contributed by atoms with E-state index in [2.05, 4.69) is 45.1 Å². The molecule has 3 nitrogen and oxygen atoms in total. The molecule has 0 aliphatic heterocycles. The maximum Gasteiger partial charge on any atom is 0.125 e. The summed E-state index contributed by atoms with van der Waals surface area (Å²) in [6.45, 7) is 13.2. The van der Waals surface area contributed by atoms with Crippen LogP contribution in [0, 0.1) is 19.8 Å². The molecule has 0 saturated heterocycles. The van der Waals surface area contributed by atoms with Gasteiger partial charge in [-0.05, 0) is 49.9 Å². The summed E-state index contributed by atoms with van der Waals surface area (Å²) >= 11 is 0. The molecule has 1 N–H and O–H groups in total. The molecule has 0 aliphatic carbocycles. The Morgan fingerprint density at radius 1 is 1.10 bits per heavy atom. The van der Waals surface area contributed by atoms with Gasteiger partial charge in [0.05, 0.1) is 6.61 Å². The van der Waals surface area contributed by atoms with Crippen LogP contribution >= 0.6 is 0 Å². The quantitative estimate of drug-likeness (QED) is 0.790. The van der Waals surface area contributed by atoms with Gasteiger partial charge in [0.1, 0.15) is 11.9 Å². The summed E-state index contributed by atoms with van der Waals surface area (Å²) in [7, 11) is 1.70. The van der Waals surface area contributed by atoms with E-state index in [1.807, 2.05) is 6.92 Å². The van der Waals surface area contributed by atoms with Crippen LogP contribution in [0.2, 0.25) is 0 Å². The number of aryl methyl sites for hydroxylation is 2. The van der Waals surface area contributed by atoms with E-state index in [1.165, 1.54) is 16.7 Å². The van der Waals surface area contributed by atoms with E-state index in [1.54, 1.807) is 7.11 Å². The van der Waals surface area contributed by atoms with Gasteiger partial charge in [-0.15, -0.1) is 0 Å². The Hall–Kier alpha value is -1.06. The maximum absolute atomic E-state index is 5.97. The van der Waals surface area contributed by atoms with Crippen LogP contribution in [-0.2, 0) is 11.3 Å². The average molecular weight is 279 g/mol. The molecule has 1 unspecified atom stereocenters. The molecule has 1 rings (SSSR count). The van der Waals surface area contributed by atoms with Crippen LogP contribution < -0.4 is 10.1 Å². The Balaban J connectivity index is 2.70. The largest absolute Gasteiger partial charge is 0.488 e. The predicted octanol–water partition coefficient (Wildman–Crippen LogP) is 3.46. The lowest BCUT2D eigenvalue weighted by Gasteiger charge is -2.19. The highest BCUT2D eigenvalue weighted by atomic mass is 16.5. The van der Waals surface area contributed by atoms with E-state index in [4.69, 9.17) is 9.47 Å². The van der Waals surface area contributed by atoms with Crippen molar-refractivity contribution in [1.29, 1.82) is 0 Å². The lowest BCUT2D eigenvalue weighted by atomic mass is 10.1. The van der Waals surface area contributed by atoms with Crippen molar-refractivity contribution in [1.82, 2.24) is 5.32 Å². The van der Waals surface area contributed by atoms with Crippen molar-refractivity contribution in [3.8, 4) is 5.75 Å². The molecule has 1 aromatic carbocycles. The van der Waals surface area contributed by atoms with E-state index >= 15 is 0 Å². The topological polar surface area (TPSA) is 30.5 Å². The van der Waals surface area contributed by atoms with Crippen molar-refractivity contribution in [2.45, 2.75) is 47.3 Å². The van der Waals surface area contributed by atoms with E-state index in [9.17, 15) is 0 Å². The number of ether oxygens (including phenoxy) is 2. The number of hydrogen-bond donors (Lipinski definition) is 1. The van der Waals surface area contributed by atoms with Gasteiger partial charge in [0, 0.05) is 13.7 Å². The molecule has 1 atom stereocenters. The van der Waals surface area contributed by atoms with E-state index in [-0.39, 0.29) is 6.10 Å². The molecule has 1 aromatic rings. The van der Waals surface area contributed by atoms with Crippen LogP contribution in [0.3, 0.4) is 0 Å². The van der Waals surface area contributed by atoms with Crippen LogP contribution in [0.1, 0.15) is 37.5 Å². The Morgan fingerprint density at radius 3 is 2.20 bits per heavy atom. The van der Waals surface area contributed by atoms with Gasteiger partial charge in [-0.2, -0.15) is 0 Å². The SMILES string of the molecule is COCC(C)Oc1c(C)cc(CNCC(C)C)cc1C. The molecule has 20 heavy (non-hydrogen) atoms. The molecular weight excluding hydrogens is 250 g/mol. The second-order valence-corrected chi connectivity index (χ2v) is 5.97. The zero-order chi connectivity index (χ0) is 15.1. The Labute approximate surface area is 123 Å². The van der Waals surface area contributed by atoms with Crippen molar-refractivity contribution in [2.75, 3.05) is 20.3 Å². The maximum atomic E-state index is 5.97. The minimum atomic E-state index is 0.0716. The molecule has 114 valence electrons. The third-order valence-corrected chi connectivity index (χ3v) is 3.12. The Bertz CT molecular complexity index is 392. The first-order valence-corrected chi connectivity index (χ1v) is 7.40. The van der Waals surface area contributed by atoms with Gasteiger partial charge in [-0.1, -0.05) is 26.0 Å². The summed E-state index contributed by atoms with van der Waals surface area (Å²) in [4.78, 5) is 0. The van der Waals surface area contributed by atoms with Gasteiger partial charge in [-0.25, -0.2) is 0 Å². The van der Waals surface area contributed by atoms with E-state index < -0.39 is 0 Å². The van der Waals surface area contributed by atoms with Crippen LogP contribution in [0.5, 0.6) is 5.75 Å². The Morgan fingerprint density at radius 2 is 1.70 bits per heavy atom. The number of nitrogens with one attached hydrogen (secondary N) is 1. The van der Waals surface area contributed by atoms with Gasteiger partial charge in [0.15, 0.2) is 0 Å². The number of methoxy groups -OCH3 is 1. The summed E-state index contributed by atoms with van der Waals surface area (Å²) in [5, 5.41) is 3.48. The zero-order valence-electron chi connectivity index (χ0n) is 13.7. The highest BCUT2D eigenvalue weighted by Gasteiger charge is 2.10. The summed E-state index contributed by atoms with van der Waals surface area (Å²) < 4.78 is 11.1. The van der Waals surface area contributed by atoms with Gasteiger partial charge < -0.3 is 14.8 Å². The highest BCUT2D eigenvalue weighted by Crippen LogP contribution is 2.26. The predicted molar refractivity (Wildman–Crippen MR) is 84.4 cm³/mol. The molecule has 0 aliphatic rings. The number of hydrogen-bond acceptors (Lipinski definition) is 3. The molecule has 0 fully saturated rings. The second kappa shape index (κ2) is 8.28. The molecule has 0 heterocycles. The first kappa shape index (κ1) is 17.0. The lowest BCUT2D eigenvalue weighted by Crippen LogP contribution is -2.20. The van der Waals surface area contributed by atoms with Crippen molar-refractivity contribution < 1.29 is 9.47 Å². The van der Waals surface area contributed by atoms with Gasteiger partial charge >= 0.3 is 0 Å². The number of benzene rings is 1. The van der Waals surface area contributed by atoms with Gasteiger partial charge in [-0.3, -0.25) is 0 Å². The third kappa shape index (κ3) is 5.51. The van der Waals surface area contributed by atoms with E-state index in [0.717, 1.165) is 18.8 Å². The first-order chi connectivity index (χ1) is 9.43. The summed E-state index contributed by atoms with van der Waals surface area (Å²) in [6, 6.07) is 4.41. The zero-order valence-corrected chi connectivity index (χ0v) is 13.7. The minimum absolute atomic E-state index is 0.0716. The smallest absolute Gasteiger partial charge is 0.125 e. The molecular formula is C17H29NO2. The average Bonchev–Trinajstić information content (AvgIpc) is 2.34. The normalized spacial score (nSPS) is 12.8. The van der Waals surface area contributed by atoms with Gasteiger partial charge in [0.2, 0.25) is 0 Å². The fourth-order valence-electron chi connectivity index (χ4n) is 2.30. The van der Waals surface area contributed by atoms with Gasteiger partial charge in [0.25, 0.3) is 0 Å². The van der Waals surface area contributed by atoms with Crippen LogP contribution in [0.4, 0.5) is 0 Å². The molecule has 0 radical (unpaired) electrons. The standard InChI is InChI=1S/C17H29NO2/c1-12(2)9-18-10-16-7-13(3)17(14(4)8-16)20-15(5)11-19-6/h7-8,12,15,18H,9-11H2,1-6H3. The van der Waals surface area contributed by atoms with Crippen LogP contribution in [-0.4, -0.2) is 26.4 Å². The summed E-state index contributed by atoms with van der Waals surface area (Å²) in [5.41, 5.74) is 3.69. The van der Waals surface area contributed by atoms with Crippen molar-refractivity contribution >= 4 is 0 Å². The molecule has 0 spiro atoms. The minimum Gasteiger partial charge on any atom is -0.488 e. The van der Waals surface area contributed by atoms with Crippen molar-refractivity contribution in [3.05, 3.63) is 28.8 Å². The summed E-state index contributed by atoms with van der Waals surface area (Å²) in [6.07, 6.45) is 0.0716. The first-order valence-electron chi connectivity index (χ1n) is 7.40. The van der Waals surface area contributed by atoms with Crippen molar-refractivity contribution in [3.63, 3.8) is 0 Å². The second-order valence-electron chi connectivity index (χ2n) is 5.97. The van der Waals surface area contributed by atoms with Crippen molar-refractivity contribution in [2.24, 2.45) is 5.92 Å². The fourth-order valence-corrected chi connectivity index (χ4v) is 2.30. The lowest BCUT2D eigenvalue weighted by molar-refractivity contribution is 0.0911. The molecule has 0 aromatic heterocycles. The number of rotatable bonds is 8. The monoisotopic (exact) mass is 279 g/mol. The van der Waals surface area contributed by atoms with Crippen LogP contribution in [0.25, 0.3) is 0 Å². The van der Waals surface area contributed by atoms with E-state index in [0.29, 0.717) is 12.5 Å². The summed E-state index contributed by atoms with van der Waals surface area (Å²) in [5.74, 6) is 1.66. The third-order valence-electron chi connectivity index (χ3n) is 3.12. The molecule has 0 amide bonds. The molecule has 3 heteroatoms. The fraction of sp³-hybridized carbons (Fsp3) is 0.647. The molecule has 0 saturated carbocycles. The Kier molecular flexibility index (Phi) is 7.03. The highest BCUT2D eigenvalue weighted by molar-refractivity contribution is 5.43. The molecule has 0 bridgehead atoms.